The van der Waals surface area contributed by atoms with Crippen LogP contribution in [0.4, 0.5) is 4.39 Å². The first-order valence-corrected chi connectivity index (χ1v) is 11.0. The van der Waals surface area contributed by atoms with Gasteiger partial charge in [0.1, 0.15) is 22.3 Å². The average molecular weight is 443 g/mol. The fourth-order valence-corrected chi connectivity index (χ4v) is 4.29. The maximum atomic E-state index is 13.8. The largest absolute Gasteiger partial charge is 0.493 e. The number of carbonyl (C=O) groups excluding carboxylic acids is 1. The molecule has 31 heavy (non-hydrogen) atoms. The number of carbonyl (C=O) groups is 1. The molecule has 1 aliphatic heterocycles. The van der Waals surface area contributed by atoms with Crippen LogP contribution < -0.4 is 14.8 Å². The maximum Gasteiger partial charge on any atom is 0.226 e. The van der Waals surface area contributed by atoms with Gasteiger partial charge < -0.3 is 19.5 Å². The highest BCUT2D eigenvalue weighted by molar-refractivity contribution is 7.13. The summed E-state index contributed by atoms with van der Waals surface area (Å²) in [7, 11) is 0. The monoisotopic (exact) mass is 442 g/mol. The van der Waals surface area contributed by atoms with Crippen molar-refractivity contribution in [2.24, 2.45) is 0 Å². The van der Waals surface area contributed by atoms with Crippen LogP contribution in [0.25, 0.3) is 10.6 Å². The molecule has 3 aromatic rings. The number of halogens is 1. The lowest BCUT2D eigenvalue weighted by Crippen LogP contribution is -2.27. The van der Waals surface area contributed by atoms with Gasteiger partial charge in [-0.2, -0.15) is 0 Å². The molecule has 1 aliphatic rings. The molecule has 0 aliphatic carbocycles. The first-order chi connectivity index (χ1) is 15.1. The number of amides is 1. The van der Waals surface area contributed by atoms with Crippen LogP contribution in [0.15, 0.2) is 41.8 Å². The highest BCUT2D eigenvalue weighted by Crippen LogP contribution is 2.32. The summed E-state index contributed by atoms with van der Waals surface area (Å²) in [5.41, 5.74) is 3.03. The lowest BCUT2D eigenvalue weighted by molar-refractivity contribution is -0.120. The number of aromatic nitrogens is 1. The van der Waals surface area contributed by atoms with Crippen molar-refractivity contribution in [2.45, 2.75) is 26.4 Å². The van der Waals surface area contributed by atoms with E-state index in [0.29, 0.717) is 43.2 Å². The van der Waals surface area contributed by atoms with E-state index in [-0.39, 0.29) is 24.9 Å². The second kappa shape index (κ2) is 9.89. The molecular weight excluding hydrogens is 419 g/mol. The van der Waals surface area contributed by atoms with Crippen molar-refractivity contribution in [1.82, 2.24) is 10.3 Å². The molecule has 8 heteroatoms. The van der Waals surface area contributed by atoms with Gasteiger partial charge >= 0.3 is 0 Å². The molecule has 0 atom stereocenters. The molecule has 0 saturated heterocycles. The van der Waals surface area contributed by atoms with Gasteiger partial charge in [-0.05, 0) is 43.2 Å². The normalized spacial score (nSPS) is 12.7. The van der Waals surface area contributed by atoms with Gasteiger partial charge in [0, 0.05) is 17.5 Å². The average Bonchev–Trinajstić information content (AvgIpc) is 3.22. The van der Waals surface area contributed by atoms with Gasteiger partial charge in [0.15, 0.2) is 6.79 Å². The SMILES string of the molecule is CCOc1ccccc1-c1nc(CC(=O)NCCc2cc(F)cc3c2OCOC3)cs1. The van der Waals surface area contributed by atoms with E-state index in [1.165, 1.54) is 23.5 Å². The van der Waals surface area contributed by atoms with E-state index in [1.54, 1.807) is 0 Å². The zero-order chi connectivity index (χ0) is 21.6. The molecule has 1 amide bonds. The second-order valence-electron chi connectivity index (χ2n) is 7.01. The van der Waals surface area contributed by atoms with Crippen LogP contribution >= 0.6 is 11.3 Å². The molecule has 4 rings (SSSR count). The number of rotatable bonds is 8. The van der Waals surface area contributed by atoms with Crippen molar-refractivity contribution < 1.29 is 23.4 Å². The number of benzene rings is 2. The van der Waals surface area contributed by atoms with E-state index in [2.05, 4.69) is 10.3 Å². The zero-order valence-corrected chi connectivity index (χ0v) is 18.0. The molecule has 2 aromatic carbocycles. The number of hydrogen-bond acceptors (Lipinski definition) is 6. The summed E-state index contributed by atoms with van der Waals surface area (Å²) in [6.07, 6.45) is 0.648. The third-order valence-corrected chi connectivity index (χ3v) is 5.70. The molecule has 0 bridgehead atoms. The molecule has 2 heterocycles. The third-order valence-electron chi connectivity index (χ3n) is 4.78. The van der Waals surface area contributed by atoms with Crippen molar-refractivity contribution >= 4 is 17.2 Å². The van der Waals surface area contributed by atoms with E-state index < -0.39 is 0 Å². The van der Waals surface area contributed by atoms with Crippen molar-refractivity contribution in [1.29, 1.82) is 0 Å². The quantitative estimate of drug-likeness (QED) is 0.568. The van der Waals surface area contributed by atoms with Crippen LogP contribution in [0.1, 0.15) is 23.7 Å². The fourth-order valence-electron chi connectivity index (χ4n) is 3.44. The van der Waals surface area contributed by atoms with E-state index >= 15 is 0 Å². The highest BCUT2D eigenvalue weighted by Gasteiger charge is 2.17. The number of nitrogens with one attached hydrogen (secondary N) is 1. The Hall–Kier alpha value is -2.97. The summed E-state index contributed by atoms with van der Waals surface area (Å²) < 4.78 is 30.2. The molecule has 0 fully saturated rings. The maximum absolute atomic E-state index is 13.8. The molecule has 1 N–H and O–H groups in total. The Bertz CT molecular complexity index is 1070. The summed E-state index contributed by atoms with van der Waals surface area (Å²) >= 11 is 1.48. The van der Waals surface area contributed by atoms with Crippen LogP contribution in [-0.4, -0.2) is 30.8 Å². The smallest absolute Gasteiger partial charge is 0.226 e. The molecule has 1 aromatic heterocycles. The molecule has 0 radical (unpaired) electrons. The van der Waals surface area contributed by atoms with Crippen molar-refractivity contribution in [3.05, 3.63) is 64.4 Å². The molecule has 0 saturated carbocycles. The Labute approximate surface area is 184 Å². The third kappa shape index (κ3) is 5.21. The highest BCUT2D eigenvalue weighted by atomic mass is 32.1. The van der Waals surface area contributed by atoms with Gasteiger partial charge in [0.2, 0.25) is 5.91 Å². The van der Waals surface area contributed by atoms with Gasteiger partial charge in [0.05, 0.1) is 30.9 Å². The summed E-state index contributed by atoms with van der Waals surface area (Å²) in [5.74, 6) is 0.960. The number of para-hydroxylation sites is 1. The minimum Gasteiger partial charge on any atom is -0.493 e. The number of ether oxygens (including phenoxy) is 3. The molecular formula is C23H23FN2O4S. The number of thiazole rings is 1. The standard InChI is InChI=1S/C23H23FN2O4S/c1-2-29-20-6-4-3-5-19(20)23-26-18(13-31-23)11-21(27)25-8-7-15-9-17(24)10-16-12-28-14-30-22(15)16/h3-6,9-10,13H,2,7-8,11-12,14H2,1H3,(H,25,27). The first-order valence-electron chi connectivity index (χ1n) is 10.1. The Morgan fingerprint density at radius 2 is 2.19 bits per heavy atom. The van der Waals surface area contributed by atoms with Crippen LogP contribution in [0, 0.1) is 5.82 Å². The lowest BCUT2D eigenvalue weighted by Gasteiger charge is -2.20. The zero-order valence-electron chi connectivity index (χ0n) is 17.2. The van der Waals surface area contributed by atoms with Gasteiger partial charge in [-0.25, -0.2) is 9.37 Å². The number of nitrogens with zero attached hydrogens (tertiary/aromatic N) is 1. The van der Waals surface area contributed by atoms with E-state index in [9.17, 15) is 9.18 Å². The van der Waals surface area contributed by atoms with Gasteiger partial charge in [-0.15, -0.1) is 11.3 Å². The number of hydrogen-bond donors (Lipinski definition) is 1. The van der Waals surface area contributed by atoms with E-state index in [4.69, 9.17) is 14.2 Å². The summed E-state index contributed by atoms with van der Waals surface area (Å²) in [6.45, 7) is 3.36. The van der Waals surface area contributed by atoms with Gasteiger partial charge in [-0.3, -0.25) is 4.79 Å². The van der Waals surface area contributed by atoms with Crippen molar-refractivity contribution in [3.8, 4) is 22.1 Å². The Morgan fingerprint density at radius 1 is 1.32 bits per heavy atom. The van der Waals surface area contributed by atoms with Crippen LogP contribution in [-0.2, 0) is 29.0 Å². The Kier molecular flexibility index (Phi) is 6.79. The van der Waals surface area contributed by atoms with Crippen molar-refractivity contribution in [3.63, 3.8) is 0 Å². The van der Waals surface area contributed by atoms with E-state index in [0.717, 1.165) is 21.9 Å². The van der Waals surface area contributed by atoms with Gasteiger partial charge in [0.25, 0.3) is 0 Å². The lowest BCUT2D eigenvalue weighted by atomic mass is 10.1. The summed E-state index contributed by atoms with van der Waals surface area (Å²) in [4.78, 5) is 17.0. The molecule has 6 nitrogen and oxygen atoms in total. The molecule has 0 spiro atoms. The minimum atomic E-state index is -0.337. The van der Waals surface area contributed by atoms with Crippen LogP contribution in [0.5, 0.6) is 11.5 Å². The topological polar surface area (TPSA) is 69.7 Å². The minimum absolute atomic E-state index is 0.135. The van der Waals surface area contributed by atoms with Crippen molar-refractivity contribution in [2.75, 3.05) is 19.9 Å². The van der Waals surface area contributed by atoms with Crippen LogP contribution in [0.2, 0.25) is 0 Å². The Morgan fingerprint density at radius 3 is 3.06 bits per heavy atom. The Balaban J connectivity index is 1.34. The predicted octanol–water partition coefficient (Wildman–Crippen LogP) is 4.12. The summed E-state index contributed by atoms with van der Waals surface area (Å²) in [6, 6.07) is 10.6. The molecule has 162 valence electrons. The van der Waals surface area contributed by atoms with E-state index in [1.807, 2.05) is 36.6 Å². The predicted molar refractivity (Wildman–Crippen MR) is 116 cm³/mol. The van der Waals surface area contributed by atoms with Gasteiger partial charge in [-0.1, -0.05) is 12.1 Å². The fraction of sp³-hybridized carbons (Fsp3) is 0.304. The number of fused-ring (bicyclic) bond motifs is 1. The first kappa shape index (κ1) is 21.3. The summed E-state index contributed by atoms with van der Waals surface area (Å²) in [5, 5.41) is 5.58. The molecule has 0 unspecified atom stereocenters. The van der Waals surface area contributed by atoms with Crippen LogP contribution in [0.3, 0.4) is 0 Å². The second-order valence-corrected chi connectivity index (χ2v) is 7.87.